The summed E-state index contributed by atoms with van der Waals surface area (Å²) >= 11 is 0. The molecule has 0 aromatic rings. The summed E-state index contributed by atoms with van der Waals surface area (Å²) in [5.41, 5.74) is 0. The normalized spacial score (nSPS) is 31.6. The summed E-state index contributed by atoms with van der Waals surface area (Å²) in [5.74, 6) is 1.51. The number of hydrogen-bond acceptors (Lipinski definition) is 2. The van der Waals surface area contributed by atoms with E-state index in [0.717, 1.165) is 19.5 Å². The molecule has 2 rings (SSSR count). The molecule has 1 aliphatic heterocycles. The summed E-state index contributed by atoms with van der Waals surface area (Å²) in [6.45, 7) is 4.32. The van der Waals surface area contributed by atoms with E-state index < -0.39 is 0 Å². The van der Waals surface area contributed by atoms with Crippen LogP contribution in [0.1, 0.15) is 45.4 Å². The Kier molecular flexibility index (Phi) is 4.22. The van der Waals surface area contributed by atoms with Crippen molar-refractivity contribution in [3.63, 3.8) is 0 Å². The van der Waals surface area contributed by atoms with Gasteiger partial charge in [0.05, 0.1) is 0 Å². The summed E-state index contributed by atoms with van der Waals surface area (Å²) in [4.78, 5) is 11.8. The van der Waals surface area contributed by atoms with E-state index in [9.17, 15) is 4.79 Å². The Morgan fingerprint density at radius 3 is 2.69 bits per heavy atom. The fourth-order valence-electron chi connectivity index (χ4n) is 2.73. The highest BCUT2D eigenvalue weighted by Crippen LogP contribution is 2.23. The van der Waals surface area contributed by atoms with Crippen LogP contribution in [0.4, 0.5) is 0 Å². The summed E-state index contributed by atoms with van der Waals surface area (Å²) in [6, 6.07) is 0.433. The van der Waals surface area contributed by atoms with Gasteiger partial charge in [-0.1, -0.05) is 26.2 Å². The molecule has 0 spiro atoms. The van der Waals surface area contributed by atoms with Gasteiger partial charge in [0.15, 0.2) is 0 Å². The van der Waals surface area contributed by atoms with Crippen LogP contribution in [0.2, 0.25) is 0 Å². The topological polar surface area (TPSA) is 41.1 Å². The molecule has 3 nitrogen and oxygen atoms in total. The molecule has 2 fully saturated rings. The average Bonchev–Trinajstić information content (AvgIpc) is 2.39. The number of hydrogen-bond donors (Lipinski definition) is 2. The molecular weight excluding hydrogens is 200 g/mol. The van der Waals surface area contributed by atoms with E-state index in [1.165, 1.54) is 32.1 Å². The Morgan fingerprint density at radius 1 is 1.25 bits per heavy atom. The zero-order chi connectivity index (χ0) is 11.4. The first-order chi connectivity index (χ1) is 7.75. The van der Waals surface area contributed by atoms with Gasteiger partial charge < -0.3 is 10.6 Å². The van der Waals surface area contributed by atoms with Crippen molar-refractivity contribution < 1.29 is 4.79 Å². The van der Waals surface area contributed by atoms with Crippen LogP contribution in [0.25, 0.3) is 0 Å². The lowest BCUT2D eigenvalue weighted by Crippen LogP contribution is -2.46. The third-order valence-electron chi connectivity index (χ3n) is 4.05. The van der Waals surface area contributed by atoms with Crippen LogP contribution in [-0.4, -0.2) is 25.0 Å². The van der Waals surface area contributed by atoms with Crippen molar-refractivity contribution >= 4 is 5.91 Å². The largest absolute Gasteiger partial charge is 0.353 e. The van der Waals surface area contributed by atoms with Crippen LogP contribution < -0.4 is 10.6 Å². The predicted octanol–water partition coefficient (Wildman–Crippen LogP) is 1.68. The highest BCUT2D eigenvalue weighted by molar-refractivity contribution is 5.76. The molecular formula is C13H24N2O. The lowest BCUT2D eigenvalue weighted by Gasteiger charge is -2.28. The Hall–Kier alpha value is -0.570. The first-order valence-electron chi connectivity index (χ1n) is 6.76. The monoisotopic (exact) mass is 224 g/mol. The molecule has 92 valence electrons. The maximum Gasteiger partial charge on any atom is 0.220 e. The highest BCUT2D eigenvalue weighted by Gasteiger charge is 2.24. The maximum absolute atomic E-state index is 11.8. The smallest absolute Gasteiger partial charge is 0.220 e. The fraction of sp³-hybridized carbons (Fsp3) is 0.923. The lowest BCUT2D eigenvalue weighted by molar-refractivity contribution is -0.123. The molecule has 2 aliphatic rings. The highest BCUT2D eigenvalue weighted by atomic mass is 16.1. The van der Waals surface area contributed by atoms with Crippen molar-refractivity contribution in [2.45, 2.75) is 51.5 Å². The number of carbonyl (C=O) groups is 1. The van der Waals surface area contributed by atoms with Crippen molar-refractivity contribution in [2.75, 3.05) is 13.1 Å². The van der Waals surface area contributed by atoms with Crippen LogP contribution in [0.5, 0.6) is 0 Å². The van der Waals surface area contributed by atoms with Crippen LogP contribution in [0.3, 0.4) is 0 Å². The molecule has 1 heterocycles. The minimum Gasteiger partial charge on any atom is -0.353 e. The molecule has 1 amide bonds. The van der Waals surface area contributed by atoms with Crippen LogP contribution >= 0.6 is 0 Å². The maximum atomic E-state index is 11.8. The lowest BCUT2D eigenvalue weighted by atomic mass is 9.95. The summed E-state index contributed by atoms with van der Waals surface area (Å²) < 4.78 is 0. The van der Waals surface area contributed by atoms with E-state index in [0.29, 0.717) is 17.9 Å². The standard InChI is InChI=1S/C13H24N2O/c1-10-5-3-2-4-6-12(10)15-13(16)7-11-8-14-9-11/h10-12,14H,2-9H2,1H3,(H,15,16). The number of amides is 1. The second kappa shape index (κ2) is 5.67. The van der Waals surface area contributed by atoms with E-state index >= 15 is 0 Å². The average molecular weight is 224 g/mol. The first kappa shape index (κ1) is 11.9. The molecule has 1 saturated carbocycles. The first-order valence-corrected chi connectivity index (χ1v) is 6.76. The zero-order valence-electron chi connectivity index (χ0n) is 10.3. The molecule has 2 N–H and O–H groups in total. The Morgan fingerprint density at radius 2 is 2.00 bits per heavy atom. The van der Waals surface area contributed by atoms with Gasteiger partial charge in [-0.05, 0) is 37.8 Å². The van der Waals surface area contributed by atoms with Gasteiger partial charge in [0.25, 0.3) is 0 Å². The van der Waals surface area contributed by atoms with Crippen LogP contribution in [-0.2, 0) is 4.79 Å². The third kappa shape index (κ3) is 3.21. The van der Waals surface area contributed by atoms with Crippen molar-refractivity contribution in [3.8, 4) is 0 Å². The molecule has 2 atom stereocenters. The van der Waals surface area contributed by atoms with Crippen molar-refractivity contribution in [1.82, 2.24) is 10.6 Å². The minimum atomic E-state index is 0.269. The van der Waals surface area contributed by atoms with Crippen LogP contribution in [0.15, 0.2) is 0 Å². The summed E-state index contributed by atoms with van der Waals surface area (Å²) in [7, 11) is 0. The van der Waals surface area contributed by atoms with Crippen LogP contribution in [0, 0.1) is 11.8 Å². The van der Waals surface area contributed by atoms with Crippen molar-refractivity contribution in [2.24, 2.45) is 11.8 Å². The molecule has 0 bridgehead atoms. The third-order valence-corrected chi connectivity index (χ3v) is 4.05. The molecule has 2 unspecified atom stereocenters. The van der Waals surface area contributed by atoms with Gasteiger partial charge in [-0.2, -0.15) is 0 Å². The molecule has 1 aliphatic carbocycles. The van der Waals surface area contributed by atoms with E-state index in [4.69, 9.17) is 0 Å². The Labute approximate surface area is 98.4 Å². The van der Waals surface area contributed by atoms with E-state index in [1.54, 1.807) is 0 Å². The van der Waals surface area contributed by atoms with Crippen molar-refractivity contribution in [1.29, 1.82) is 0 Å². The molecule has 3 heteroatoms. The minimum absolute atomic E-state index is 0.269. The second-order valence-electron chi connectivity index (χ2n) is 5.52. The number of carbonyl (C=O) groups excluding carboxylic acids is 1. The molecule has 16 heavy (non-hydrogen) atoms. The molecule has 0 radical (unpaired) electrons. The van der Waals surface area contributed by atoms with E-state index in [2.05, 4.69) is 17.6 Å². The SMILES string of the molecule is CC1CCCCCC1NC(=O)CC1CNC1. The van der Waals surface area contributed by atoms with Gasteiger partial charge in [-0.3, -0.25) is 4.79 Å². The van der Waals surface area contributed by atoms with Gasteiger partial charge in [-0.15, -0.1) is 0 Å². The van der Waals surface area contributed by atoms with Gasteiger partial charge in [0.1, 0.15) is 0 Å². The van der Waals surface area contributed by atoms with Gasteiger partial charge >= 0.3 is 0 Å². The Bertz CT molecular complexity index is 238. The number of rotatable bonds is 3. The van der Waals surface area contributed by atoms with E-state index in [1.807, 2.05) is 0 Å². The Balaban J connectivity index is 1.74. The number of nitrogens with one attached hydrogen (secondary N) is 2. The van der Waals surface area contributed by atoms with Crippen molar-refractivity contribution in [3.05, 3.63) is 0 Å². The molecule has 0 aromatic carbocycles. The summed E-state index contributed by atoms with van der Waals surface area (Å²) in [6.07, 6.45) is 7.12. The zero-order valence-corrected chi connectivity index (χ0v) is 10.3. The predicted molar refractivity (Wildman–Crippen MR) is 65.2 cm³/mol. The van der Waals surface area contributed by atoms with Gasteiger partial charge in [-0.25, -0.2) is 0 Å². The fourth-order valence-corrected chi connectivity index (χ4v) is 2.73. The van der Waals surface area contributed by atoms with Gasteiger partial charge in [0.2, 0.25) is 5.91 Å². The van der Waals surface area contributed by atoms with Gasteiger partial charge in [0, 0.05) is 12.5 Å². The summed E-state index contributed by atoms with van der Waals surface area (Å²) in [5, 5.41) is 6.45. The van der Waals surface area contributed by atoms with E-state index in [-0.39, 0.29) is 5.91 Å². The quantitative estimate of drug-likeness (QED) is 0.716. The second-order valence-corrected chi connectivity index (χ2v) is 5.52. The molecule has 0 aromatic heterocycles. The molecule has 1 saturated heterocycles.